The second kappa shape index (κ2) is 10.9. The zero-order valence-corrected chi connectivity index (χ0v) is 16.9. The van der Waals surface area contributed by atoms with E-state index in [4.69, 9.17) is 0 Å². The van der Waals surface area contributed by atoms with Gasteiger partial charge in [0.2, 0.25) is 11.8 Å². The largest absolute Gasteiger partial charge is 0.371 e. The molecule has 1 heterocycles. The first kappa shape index (κ1) is 21.2. The van der Waals surface area contributed by atoms with Crippen LogP contribution >= 0.6 is 0 Å². The van der Waals surface area contributed by atoms with Crippen molar-refractivity contribution < 1.29 is 9.59 Å². The molecule has 6 nitrogen and oxygen atoms in total. The molecule has 0 aromatic heterocycles. The monoisotopic (exact) mass is 374 g/mol. The predicted molar refractivity (Wildman–Crippen MR) is 111 cm³/mol. The maximum atomic E-state index is 12.8. The van der Waals surface area contributed by atoms with E-state index in [2.05, 4.69) is 33.8 Å². The van der Waals surface area contributed by atoms with Gasteiger partial charge in [-0.3, -0.25) is 9.59 Å². The van der Waals surface area contributed by atoms with Gasteiger partial charge in [-0.25, -0.2) is 0 Å². The highest BCUT2D eigenvalue weighted by molar-refractivity contribution is 5.97. The number of benzene rings is 1. The number of rotatable bonds is 10. The van der Waals surface area contributed by atoms with Gasteiger partial charge in [0.05, 0.1) is 0 Å². The molecule has 1 aliphatic rings. The fourth-order valence-electron chi connectivity index (χ4n) is 3.37. The summed E-state index contributed by atoms with van der Waals surface area (Å²) in [6.45, 7) is 6.66. The number of carbonyl (C=O) groups excluding carboxylic acids is 2. The Balaban J connectivity index is 2.01. The molecule has 0 bridgehead atoms. The van der Waals surface area contributed by atoms with Crippen molar-refractivity contribution in [3.05, 3.63) is 24.3 Å². The molecule has 150 valence electrons. The maximum absolute atomic E-state index is 12.8. The number of unbranched alkanes of at least 4 members (excludes halogenated alkanes) is 1. The van der Waals surface area contributed by atoms with Crippen molar-refractivity contribution in [3.8, 4) is 0 Å². The van der Waals surface area contributed by atoms with Crippen LogP contribution < -0.4 is 20.9 Å². The van der Waals surface area contributed by atoms with E-state index in [9.17, 15) is 9.59 Å². The van der Waals surface area contributed by atoms with Gasteiger partial charge in [-0.05, 0) is 44.5 Å². The molecule has 27 heavy (non-hydrogen) atoms. The van der Waals surface area contributed by atoms with Gasteiger partial charge in [0.15, 0.2) is 0 Å². The molecule has 1 saturated heterocycles. The number of anilines is 2. The van der Waals surface area contributed by atoms with E-state index in [0.29, 0.717) is 13.0 Å². The van der Waals surface area contributed by atoms with Gasteiger partial charge >= 0.3 is 0 Å². The van der Waals surface area contributed by atoms with Crippen LogP contribution in [0.4, 0.5) is 11.4 Å². The van der Waals surface area contributed by atoms with Crippen molar-refractivity contribution in [2.75, 3.05) is 36.9 Å². The first-order chi connectivity index (χ1) is 13.0. The number of hydrogen-bond acceptors (Lipinski definition) is 4. The summed E-state index contributed by atoms with van der Waals surface area (Å²) >= 11 is 0. The molecule has 1 aromatic rings. The molecule has 2 unspecified atom stereocenters. The van der Waals surface area contributed by atoms with Crippen molar-refractivity contribution in [3.63, 3.8) is 0 Å². The smallest absolute Gasteiger partial charge is 0.246 e. The van der Waals surface area contributed by atoms with Gasteiger partial charge in [0.1, 0.15) is 6.04 Å². The molecule has 0 aliphatic carbocycles. The number of amides is 2. The fourth-order valence-corrected chi connectivity index (χ4v) is 3.37. The summed E-state index contributed by atoms with van der Waals surface area (Å²) in [5, 5.41) is 8.92. The molecule has 1 fully saturated rings. The minimum atomic E-state index is -0.507. The van der Waals surface area contributed by atoms with Gasteiger partial charge in [0.25, 0.3) is 0 Å². The first-order valence-electron chi connectivity index (χ1n) is 10.2. The van der Waals surface area contributed by atoms with Crippen LogP contribution in [0.5, 0.6) is 0 Å². The molecular formula is C21H34N4O2. The molecular weight excluding hydrogens is 340 g/mol. The Hall–Kier alpha value is -2.08. The van der Waals surface area contributed by atoms with Crippen LogP contribution in [0.25, 0.3) is 0 Å². The Morgan fingerprint density at radius 2 is 1.93 bits per heavy atom. The van der Waals surface area contributed by atoms with Crippen molar-refractivity contribution in [1.29, 1.82) is 0 Å². The Kier molecular flexibility index (Phi) is 8.58. The van der Waals surface area contributed by atoms with E-state index in [1.807, 2.05) is 32.2 Å². The Morgan fingerprint density at radius 1 is 1.19 bits per heavy atom. The quantitative estimate of drug-likeness (QED) is 0.589. The van der Waals surface area contributed by atoms with Crippen LogP contribution in [0.2, 0.25) is 0 Å². The van der Waals surface area contributed by atoms with Crippen LogP contribution in [0.1, 0.15) is 46.0 Å². The van der Waals surface area contributed by atoms with Crippen LogP contribution in [-0.4, -0.2) is 44.5 Å². The third kappa shape index (κ3) is 6.54. The molecule has 0 radical (unpaired) electrons. The zero-order chi connectivity index (χ0) is 19.6. The average Bonchev–Trinajstić information content (AvgIpc) is 3.20. The normalized spacial score (nSPS) is 16.0. The van der Waals surface area contributed by atoms with Crippen molar-refractivity contribution in [2.45, 2.75) is 52.0 Å². The number of nitrogens with one attached hydrogen (secondary N) is 3. The Bertz CT molecular complexity index is 614. The van der Waals surface area contributed by atoms with E-state index in [1.165, 1.54) is 12.8 Å². The maximum Gasteiger partial charge on any atom is 0.246 e. The van der Waals surface area contributed by atoms with Gasteiger partial charge < -0.3 is 20.9 Å². The lowest BCUT2D eigenvalue weighted by molar-refractivity contribution is -0.129. The summed E-state index contributed by atoms with van der Waals surface area (Å²) in [4.78, 5) is 27.5. The number of hydrogen-bond donors (Lipinski definition) is 3. The van der Waals surface area contributed by atoms with E-state index < -0.39 is 6.04 Å². The summed E-state index contributed by atoms with van der Waals surface area (Å²) in [7, 11) is 1.82. The molecule has 0 saturated carbocycles. The molecule has 0 spiro atoms. The number of nitrogens with zero attached hydrogens (tertiary/aromatic N) is 1. The topological polar surface area (TPSA) is 73.5 Å². The molecule has 1 aromatic carbocycles. The summed E-state index contributed by atoms with van der Waals surface area (Å²) in [6, 6.07) is 7.46. The SMILES string of the molecule is CCCCC(NC(=O)C(C)CNC)C(=O)Nc1cccc(N2CCCC2)c1. The molecule has 1 aliphatic heterocycles. The minimum absolute atomic E-state index is 0.0913. The molecule has 6 heteroatoms. The van der Waals surface area contributed by atoms with Crippen molar-refractivity contribution >= 4 is 23.2 Å². The summed E-state index contributed by atoms with van der Waals surface area (Å²) in [5.41, 5.74) is 1.92. The van der Waals surface area contributed by atoms with E-state index in [0.717, 1.165) is 37.3 Å². The summed E-state index contributed by atoms with van der Waals surface area (Å²) < 4.78 is 0. The molecule has 2 atom stereocenters. The van der Waals surface area contributed by atoms with Gasteiger partial charge in [-0.1, -0.05) is 32.8 Å². The molecule has 3 N–H and O–H groups in total. The average molecular weight is 375 g/mol. The first-order valence-corrected chi connectivity index (χ1v) is 10.2. The second-order valence-corrected chi connectivity index (χ2v) is 7.40. The van der Waals surface area contributed by atoms with Gasteiger partial charge in [0, 0.05) is 36.9 Å². The van der Waals surface area contributed by atoms with E-state index in [-0.39, 0.29) is 17.7 Å². The van der Waals surface area contributed by atoms with Gasteiger partial charge in [-0.2, -0.15) is 0 Å². The highest BCUT2D eigenvalue weighted by Crippen LogP contribution is 2.23. The summed E-state index contributed by atoms with van der Waals surface area (Å²) in [5.74, 6) is -0.413. The predicted octanol–water partition coefficient (Wildman–Crippen LogP) is 2.76. The standard InChI is InChI=1S/C21H34N4O2/c1-4-5-11-19(24-20(26)16(2)15-22-3)21(27)23-17-9-8-10-18(14-17)25-12-6-7-13-25/h8-10,14,16,19,22H,4-7,11-13,15H2,1-3H3,(H,23,27)(H,24,26). The minimum Gasteiger partial charge on any atom is -0.371 e. The lowest BCUT2D eigenvalue weighted by Gasteiger charge is -2.22. The lowest BCUT2D eigenvalue weighted by atomic mass is 10.1. The molecule has 2 rings (SSSR count). The zero-order valence-electron chi connectivity index (χ0n) is 16.9. The van der Waals surface area contributed by atoms with Crippen LogP contribution in [0.15, 0.2) is 24.3 Å². The van der Waals surface area contributed by atoms with Gasteiger partial charge in [-0.15, -0.1) is 0 Å². The Labute approximate surface area is 163 Å². The molecule has 2 amide bonds. The van der Waals surface area contributed by atoms with Crippen LogP contribution in [0, 0.1) is 5.92 Å². The Morgan fingerprint density at radius 3 is 2.59 bits per heavy atom. The van der Waals surface area contributed by atoms with E-state index >= 15 is 0 Å². The van der Waals surface area contributed by atoms with Crippen molar-refractivity contribution in [1.82, 2.24) is 10.6 Å². The van der Waals surface area contributed by atoms with Crippen LogP contribution in [0.3, 0.4) is 0 Å². The van der Waals surface area contributed by atoms with Crippen LogP contribution in [-0.2, 0) is 9.59 Å². The lowest BCUT2D eigenvalue weighted by Crippen LogP contribution is -2.47. The second-order valence-electron chi connectivity index (χ2n) is 7.40. The third-order valence-corrected chi connectivity index (χ3v) is 5.02. The fraction of sp³-hybridized carbons (Fsp3) is 0.619. The van der Waals surface area contributed by atoms with Crippen molar-refractivity contribution in [2.24, 2.45) is 5.92 Å². The highest BCUT2D eigenvalue weighted by atomic mass is 16.2. The third-order valence-electron chi connectivity index (χ3n) is 5.02. The number of carbonyl (C=O) groups is 2. The summed E-state index contributed by atoms with van der Waals surface area (Å²) in [6.07, 6.45) is 4.95. The van der Waals surface area contributed by atoms with E-state index in [1.54, 1.807) is 0 Å². The highest BCUT2D eigenvalue weighted by Gasteiger charge is 2.23.